The number of pyridine rings is 1. The van der Waals surface area contributed by atoms with Crippen LogP contribution in [0.3, 0.4) is 0 Å². The van der Waals surface area contributed by atoms with Gasteiger partial charge in [-0.2, -0.15) is 11.3 Å². The normalized spacial score (nSPS) is 21.7. The molecule has 2 aromatic rings. The zero-order chi connectivity index (χ0) is 18.3. The molecule has 0 aliphatic carbocycles. The predicted molar refractivity (Wildman–Crippen MR) is 103 cm³/mol. The molecule has 2 aliphatic heterocycles. The number of aromatic nitrogens is 1. The second kappa shape index (κ2) is 6.50. The molecule has 1 unspecified atom stereocenters. The van der Waals surface area contributed by atoms with Crippen LogP contribution >= 0.6 is 11.3 Å². The molecule has 0 aromatic carbocycles. The first kappa shape index (κ1) is 17.2. The summed E-state index contributed by atoms with van der Waals surface area (Å²) in [6, 6.07) is 5.71. The highest BCUT2D eigenvalue weighted by atomic mass is 32.1. The Bertz CT molecular complexity index is 833. The molecular weight excluding hydrogens is 346 g/mol. The van der Waals surface area contributed by atoms with Gasteiger partial charge in [0.2, 0.25) is 5.91 Å². The number of fused-ring (bicyclic) bond motifs is 2. The Kier molecular flexibility index (Phi) is 4.31. The summed E-state index contributed by atoms with van der Waals surface area (Å²) in [5.74, 6) is 0.575. The van der Waals surface area contributed by atoms with Gasteiger partial charge >= 0.3 is 0 Å². The van der Waals surface area contributed by atoms with Crippen molar-refractivity contribution in [2.24, 2.45) is 5.92 Å². The zero-order valence-corrected chi connectivity index (χ0v) is 16.0. The van der Waals surface area contributed by atoms with Gasteiger partial charge in [0, 0.05) is 37.6 Å². The van der Waals surface area contributed by atoms with Crippen molar-refractivity contribution < 1.29 is 9.59 Å². The smallest absolute Gasteiger partial charge is 0.259 e. The summed E-state index contributed by atoms with van der Waals surface area (Å²) in [4.78, 5) is 34.0. The number of nitrogens with zero attached hydrogens (tertiary/aromatic N) is 3. The molecule has 2 aliphatic rings. The quantitative estimate of drug-likeness (QED) is 0.834. The van der Waals surface area contributed by atoms with Crippen LogP contribution in [0.2, 0.25) is 0 Å². The number of rotatable bonds is 3. The van der Waals surface area contributed by atoms with Crippen molar-refractivity contribution in [3.05, 3.63) is 46.4 Å². The maximum Gasteiger partial charge on any atom is 0.259 e. The third kappa shape index (κ3) is 2.82. The fourth-order valence-corrected chi connectivity index (χ4v) is 4.72. The van der Waals surface area contributed by atoms with Crippen LogP contribution in [-0.2, 0) is 10.2 Å². The molecule has 0 N–H and O–H groups in total. The number of hydrogen-bond donors (Lipinski definition) is 0. The summed E-state index contributed by atoms with van der Waals surface area (Å²) in [5.41, 5.74) is 2.33. The van der Waals surface area contributed by atoms with Gasteiger partial charge in [-0.3, -0.25) is 14.6 Å². The predicted octanol–water partition coefficient (Wildman–Crippen LogP) is 3.32. The van der Waals surface area contributed by atoms with Crippen molar-refractivity contribution in [2.75, 3.05) is 24.5 Å². The summed E-state index contributed by atoms with van der Waals surface area (Å²) in [6.07, 6.45) is 3.22. The fraction of sp³-hybridized carbons (Fsp3) is 0.450. The Labute approximate surface area is 157 Å². The number of carbonyl (C=O) groups excluding carboxylic acids is 2. The fourth-order valence-electron chi connectivity index (χ4n) is 4.10. The number of thiophene rings is 1. The van der Waals surface area contributed by atoms with E-state index in [4.69, 9.17) is 0 Å². The summed E-state index contributed by atoms with van der Waals surface area (Å²) in [7, 11) is 0. The van der Waals surface area contributed by atoms with E-state index in [1.807, 2.05) is 38.8 Å². The number of hydrogen-bond acceptors (Lipinski definition) is 4. The van der Waals surface area contributed by atoms with Crippen molar-refractivity contribution in [3.63, 3.8) is 0 Å². The standard InChI is InChI=1S/C20H23N3O2S/c1-14(2)10-17(24)22-8-6-20(12-22)13-23(16-4-3-7-21-18(16)20)19(25)15-5-9-26-11-15/h3-5,7,9,11,14H,6,8,10,12-13H2,1-2H3. The van der Waals surface area contributed by atoms with Gasteiger partial charge in [0.05, 0.1) is 22.4 Å². The Morgan fingerprint density at radius 2 is 2.15 bits per heavy atom. The van der Waals surface area contributed by atoms with E-state index in [9.17, 15) is 9.59 Å². The van der Waals surface area contributed by atoms with E-state index in [1.54, 1.807) is 6.20 Å². The molecule has 136 valence electrons. The molecule has 6 heteroatoms. The van der Waals surface area contributed by atoms with Crippen molar-refractivity contribution in [3.8, 4) is 0 Å². The van der Waals surface area contributed by atoms with E-state index in [1.165, 1.54) is 11.3 Å². The lowest BCUT2D eigenvalue weighted by molar-refractivity contribution is -0.131. The van der Waals surface area contributed by atoms with E-state index >= 15 is 0 Å². The lowest BCUT2D eigenvalue weighted by Crippen LogP contribution is -2.40. The van der Waals surface area contributed by atoms with Crippen molar-refractivity contribution in [1.82, 2.24) is 9.88 Å². The van der Waals surface area contributed by atoms with Crippen molar-refractivity contribution in [2.45, 2.75) is 32.1 Å². The number of anilines is 1. The minimum atomic E-state index is -0.241. The number of amides is 2. The van der Waals surface area contributed by atoms with E-state index in [2.05, 4.69) is 18.8 Å². The van der Waals surface area contributed by atoms with Gasteiger partial charge in [-0.05, 0) is 35.9 Å². The zero-order valence-electron chi connectivity index (χ0n) is 15.1. The highest BCUT2D eigenvalue weighted by Crippen LogP contribution is 2.45. The lowest BCUT2D eigenvalue weighted by atomic mass is 9.85. The van der Waals surface area contributed by atoms with Crippen LogP contribution in [0.15, 0.2) is 35.2 Å². The molecule has 1 saturated heterocycles. The first-order chi connectivity index (χ1) is 12.5. The van der Waals surface area contributed by atoms with Gasteiger partial charge in [-0.15, -0.1) is 0 Å². The highest BCUT2D eigenvalue weighted by Gasteiger charge is 2.50. The van der Waals surface area contributed by atoms with Crippen LogP contribution < -0.4 is 4.90 Å². The molecule has 26 heavy (non-hydrogen) atoms. The minimum Gasteiger partial charge on any atom is -0.342 e. The first-order valence-electron chi connectivity index (χ1n) is 9.07. The average molecular weight is 369 g/mol. The van der Waals surface area contributed by atoms with Crippen LogP contribution in [0.25, 0.3) is 0 Å². The molecule has 1 spiro atoms. The lowest BCUT2D eigenvalue weighted by Gasteiger charge is -2.25. The van der Waals surface area contributed by atoms with Crippen LogP contribution in [0.5, 0.6) is 0 Å². The maximum absolute atomic E-state index is 13.0. The van der Waals surface area contributed by atoms with E-state index in [0.717, 1.165) is 24.3 Å². The van der Waals surface area contributed by atoms with Crippen LogP contribution in [0.4, 0.5) is 5.69 Å². The summed E-state index contributed by atoms with van der Waals surface area (Å²) < 4.78 is 0. The second-order valence-corrected chi connectivity index (χ2v) is 8.50. The largest absolute Gasteiger partial charge is 0.342 e. The third-order valence-corrected chi connectivity index (χ3v) is 6.03. The van der Waals surface area contributed by atoms with Gasteiger partial charge < -0.3 is 9.80 Å². The monoisotopic (exact) mass is 369 g/mol. The van der Waals surface area contributed by atoms with E-state index < -0.39 is 0 Å². The van der Waals surface area contributed by atoms with E-state index in [-0.39, 0.29) is 17.2 Å². The molecular formula is C20H23N3O2S. The molecule has 2 aromatic heterocycles. The van der Waals surface area contributed by atoms with Gasteiger partial charge in [-0.25, -0.2) is 0 Å². The van der Waals surface area contributed by atoms with Crippen molar-refractivity contribution >= 4 is 28.8 Å². The van der Waals surface area contributed by atoms with Gasteiger partial charge in [0.15, 0.2) is 0 Å². The summed E-state index contributed by atoms with van der Waals surface area (Å²) in [5, 5.41) is 3.81. The Morgan fingerprint density at radius 3 is 2.88 bits per heavy atom. The topological polar surface area (TPSA) is 53.5 Å². The first-order valence-corrected chi connectivity index (χ1v) is 10.0. The molecule has 0 radical (unpaired) electrons. The molecule has 0 saturated carbocycles. The van der Waals surface area contributed by atoms with Crippen molar-refractivity contribution in [1.29, 1.82) is 0 Å². The van der Waals surface area contributed by atoms with Gasteiger partial charge in [0.1, 0.15) is 0 Å². The summed E-state index contributed by atoms with van der Waals surface area (Å²) >= 11 is 1.53. The SMILES string of the molecule is CC(C)CC(=O)N1CCC2(C1)CN(C(=O)c1ccsc1)c1cccnc12. The Balaban J connectivity index is 1.63. The third-order valence-electron chi connectivity index (χ3n) is 5.34. The molecule has 1 atom stereocenters. The van der Waals surface area contributed by atoms with E-state index in [0.29, 0.717) is 31.0 Å². The molecule has 0 bridgehead atoms. The Morgan fingerprint density at radius 1 is 1.31 bits per heavy atom. The average Bonchev–Trinajstić information content (AvgIpc) is 3.35. The molecule has 4 heterocycles. The minimum absolute atomic E-state index is 0.0179. The Hall–Kier alpha value is -2.21. The van der Waals surface area contributed by atoms with Gasteiger partial charge in [0.25, 0.3) is 5.91 Å². The molecule has 2 amide bonds. The second-order valence-electron chi connectivity index (χ2n) is 7.72. The highest BCUT2D eigenvalue weighted by molar-refractivity contribution is 7.08. The maximum atomic E-state index is 13.0. The molecule has 4 rings (SSSR count). The van der Waals surface area contributed by atoms with Crippen LogP contribution in [-0.4, -0.2) is 41.3 Å². The molecule has 5 nitrogen and oxygen atoms in total. The number of likely N-dealkylation sites (tertiary alicyclic amines) is 1. The number of carbonyl (C=O) groups is 2. The van der Waals surface area contributed by atoms with Gasteiger partial charge in [-0.1, -0.05) is 13.8 Å². The molecule has 1 fully saturated rings. The van der Waals surface area contributed by atoms with Crippen LogP contribution in [0.1, 0.15) is 42.7 Å². The summed E-state index contributed by atoms with van der Waals surface area (Å²) in [6.45, 7) is 6.12. The van der Waals surface area contributed by atoms with Crippen LogP contribution in [0, 0.1) is 5.92 Å².